The normalized spacial score (nSPS) is 10.3. The molecule has 0 bridgehead atoms. The molecule has 0 aliphatic heterocycles. The van der Waals surface area contributed by atoms with Crippen LogP contribution in [0.4, 0.5) is 0 Å². The number of thiazole rings is 1. The van der Waals surface area contributed by atoms with Gasteiger partial charge in [-0.05, 0) is 5.56 Å². The molecule has 0 fully saturated rings. The van der Waals surface area contributed by atoms with Gasteiger partial charge in [0.25, 0.3) is 0 Å². The lowest BCUT2D eigenvalue weighted by Gasteiger charge is -2.20. The van der Waals surface area contributed by atoms with Crippen molar-refractivity contribution < 1.29 is 0 Å². The Balaban J connectivity index is 0.00000162. The van der Waals surface area contributed by atoms with E-state index in [-0.39, 0.29) is 12.4 Å². The molecule has 0 atom stereocenters. The summed E-state index contributed by atoms with van der Waals surface area (Å²) in [5.41, 5.74) is 9.97. The van der Waals surface area contributed by atoms with Crippen LogP contribution in [0.2, 0.25) is 0 Å². The molecule has 3 nitrogen and oxygen atoms in total. The van der Waals surface area contributed by atoms with Gasteiger partial charge >= 0.3 is 0 Å². The third kappa shape index (κ3) is 4.74. The summed E-state index contributed by atoms with van der Waals surface area (Å²) in [5.74, 6) is 0. The molecule has 0 aliphatic carbocycles. The predicted octanol–water partition coefficient (Wildman–Crippen LogP) is 2.53. The van der Waals surface area contributed by atoms with Crippen LogP contribution in [-0.4, -0.2) is 23.0 Å². The van der Waals surface area contributed by atoms with E-state index >= 15 is 0 Å². The molecular weight excluding hydrogens is 266 g/mol. The first-order valence-corrected chi connectivity index (χ1v) is 6.66. The van der Waals surface area contributed by atoms with Crippen LogP contribution in [0.15, 0.2) is 41.2 Å². The lowest BCUT2D eigenvalue weighted by atomic mass is 10.2. The molecule has 1 aromatic carbocycles. The Bertz CT molecular complexity index is 419. The van der Waals surface area contributed by atoms with Gasteiger partial charge in [-0.3, -0.25) is 4.90 Å². The highest BCUT2D eigenvalue weighted by molar-refractivity contribution is 7.07. The summed E-state index contributed by atoms with van der Waals surface area (Å²) in [4.78, 5) is 6.64. The molecule has 5 heteroatoms. The number of hydrogen-bond donors (Lipinski definition) is 1. The zero-order valence-electron chi connectivity index (χ0n) is 10.2. The van der Waals surface area contributed by atoms with E-state index in [0.29, 0.717) is 6.54 Å². The Kier molecular flexibility index (Phi) is 6.90. The molecule has 0 aliphatic rings. The number of halogens is 1. The first-order chi connectivity index (χ1) is 8.38. The maximum absolute atomic E-state index is 5.65. The van der Waals surface area contributed by atoms with E-state index in [1.54, 1.807) is 11.3 Å². The van der Waals surface area contributed by atoms with Crippen molar-refractivity contribution in [1.82, 2.24) is 9.88 Å². The van der Waals surface area contributed by atoms with Crippen LogP contribution in [0.1, 0.15) is 11.3 Å². The smallest absolute Gasteiger partial charge is 0.0795 e. The Morgan fingerprint density at radius 3 is 2.56 bits per heavy atom. The fourth-order valence-electron chi connectivity index (χ4n) is 1.78. The molecule has 2 N–H and O–H groups in total. The molecule has 0 saturated heterocycles. The summed E-state index contributed by atoms with van der Waals surface area (Å²) in [6, 6.07) is 10.5. The van der Waals surface area contributed by atoms with Gasteiger partial charge in [0.2, 0.25) is 0 Å². The van der Waals surface area contributed by atoms with Crippen molar-refractivity contribution in [2.24, 2.45) is 5.73 Å². The van der Waals surface area contributed by atoms with Gasteiger partial charge < -0.3 is 5.73 Å². The van der Waals surface area contributed by atoms with Gasteiger partial charge in [-0.25, -0.2) is 4.98 Å². The first kappa shape index (κ1) is 15.1. The molecule has 0 saturated carbocycles. The number of aromatic nitrogens is 1. The van der Waals surface area contributed by atoms with Gasteiger partial charge in [0.15, 0.2) is 0 Å². The van der Waals surface area contributed by atoms with Gasteiger partial charge in [-0.2, -0.15) is 0 Å². The second-order valence-electron chi connectivity index (χ2n) is 3.96. The Labute approximate surface area is 118 Å². The first-order valence-electron chi connectivity index (χ1n) is 5.72. The van der Waals surface area contributed by atoms with E-state index in [4.69, 9.17) is 5.73 Å². The van der Waals surface area contributed by atoms with Crippen molar-refractivity contribution in [3.63, 3.8) is 0 Å². The average molecular weight is 284 g/mol. The van der Waals surface area contributed by atoms with Crippen molar-refractivity contribution in [2.45, 2.75) is 13.1 Å². The fourth-order valence-corrected chi connectivity index (χ4v) is 2.33. The standard InChI is InChI=1S/C13H17N3S.ClH/c14-6-7-16(9-13-10-17-11-15-13)8-12-4-2-1-3-5-12;/h1-5,10-11H,6-9,14H2;1H. The van der Waals surface area contributed by atoms with E-state index in [2.05, 4.69) is 39.5 Å². The van der Waals surface area contributed by atoms with Crippen molar-refractivity contribution in [3.8, 4) is 0 Å². The van der Waals surface area contributed by atoms with Gasteiger partial charge in [-0.1, -0.05) is 30.3 Å². The molecule has 0 spiro atoms. The molecule has 2 rings (SSSR count). The topological polar surface area (TPSA) is 42.1 Å². The third-order valence-electron chi connectivity index (χ3n) is 2.56. The summed E-state index contributed by atoms with van der Waals surface area (Å²) >= 11 is 1.64. The van der Waals surface area contributed by atoms with E-state index in [1.165, 1.54) is 5.56 Å². The highest BCUT2D eigenvalue weighted by Gasteiger charge is 2.07. The van der Waals surface area contributed by atoms with Crippen LogP contribution < -0.4 is 5.73 Å². The minimum Gasteiger partial charge on any atom is -0.329 e. The van der Waals surface area contributed by atoms with Crippen LogP contribution >= 0.6 is 23.7 Å². The minimum atomic E-state index is 0. The lowest BCUT2D eigenvalue weighted by Crippen LogP contribution is -2.28. The molecule has 1 aromatic heterocycles. The number of benzene rings is 1. The predicted molar refractivity (Wildman–Crippen MR) is 79.0 cm³/mol. The van der Waals surface area contributed by atoms with Crippen molar-refractivity contribution in [3.05, 3.63) is 52.5 Å². The van der Waals surface area contributed by atoms with Crippen LogP contribution in [0.3, 0.4) is 0 Å². The minimum absolute atomic E-state index is 0. The van der Waals surface area contributed by atoms with E-state index in [9.17, 15) is 0 Å². The highest BCUT2D eigenvalue weighted by atomic mass is 35.5. The Morgan fingerprint density at radius 1 is 1.17 bits per heavy atom. The SMILES string of the molecule is Cl.NCCN(Cc1ccccc1)Cc1cscn1. The van der Waals surface area contributed by atoms with E-state index in [0.717, 1.165) is 25.3 Å². The number of nitrogens with zero attached hydrogens (tertiary/aromatic N) is 2. The van der Waals surface area contributed by atoms with E-state index < -0.39 is 0 Å². The zero-order chi connectivity index (χ0) is 11.9. The number of hydrogen-bond acceptors (Lipinski definition) is 4. The molecule has 0 unspecified atom stereocenters. The summed E-state index contributed by atoms with van der Waals surface area (Å²) in [6.45, 7) is 3.37. The monoisotopic (exact) mass is 283 g/mol. The Morgan fingerprint density at radius 2 is 1.94 bits per heavy atom. The summed E-state index contributed by atoms with van der Waals surface area (Å²) < 4.78 is 0. The molecule has 0 amide bonds. The van der Waals surface area contributed by atoms with Crippen molar-refractivity contribution >= 4 is 23.7 Å². The fraction of sp³-hybridized carbons (Fsp3) is 0.308. The highest BCUT2D eigenvalue weighted by Crippen LogP contribution is 2.09. The van der Waals surface area contributed by atoms with Crippen molar-refractivity contribution in [1.29, 1.82) is 0 Å². The maximum Gasteiger partial charge on any atom is 0.0795 e. The van der Waals surface area contributed by atoms with E-state index in [1.807, 2.05) is 11.6 Å². The molecule has 0 radical (unpaired) electrons. The second-order valence-corrected chi connectivity index (χ2v) is 4.68. The number of rotatable bonds is 6. The van der Waals surface area contributed by atoms with Gasteiger partial charge in [-0.15, -0.1) is 23.7 Å². The zero-order valence-corrected chi connectivity index (χ0v) is 11.8. The third-order valence-corrected chi connectivity index (χ3v) is 3.20. The summed E-state index contributed by atoms with van der Waals surface area (Å²) in [7, 11) is 0. The summed E-state index contributed by atoms with van der Waals surface area (Å²) in [5, 5.41) is 2.09. The van der Waals surface area contributed by atoms with Gasteiger partial charge in [0.05, 0.1) is 11.2 Å². The molecule has 18 heavy (non-hydrogen) atoms. The quantitative estimate of drug-likeness (QED) is 0.886. The van der Waals surface area contributed by atoms with Crippen LogP contribution in [0, 0.1) is 0 Å². The van der Waals surface area contributed by atoms with Gasteiger partial charge in [0.1, 0.15) is 0 Å². The molecule has 98 valence electrons. The largest absolute Gasteiger partial charge is 0.329 e. The van der Waals surface area contributed by atoms with Gasteiger partial charge in [0, 0.05) is 31.6 Å². The molecule has 1 heterocycles. The van der Waals surface area contributed by atoms with Crippen LogP contribution in [-0.2, 0) is 13.1 Å². The Hall–Kier alpha value is -0.940. The lowest BCUT2D eigenvalue weighted by molar-refractivity contribution is 0.262. The molecule has 2 aromatic rings. The van der Waals surface area contributed by atoms with Crippen molar-refractivity contribution in [2.75, 3.05) is 13.1 Å². The van der Waals surface area contributed by atoms with Crippen LogP contribution in [0.25, 0.3) is 0 Å². The summed E-state index contributed by atoms with van der Waals surface area (Å²) in [6.07, 6.45) is 0. The average Bonchev–Trinajstić information content (AvgIpc) is 2.83. The molecular formula is C13H18ClN3S. The second kappa shape index (κ2) is 8.21. The van der Waals surface area contributed by atoms with Crippen LogP contribution in [0.5, 0.6) is 0 Å². The maximum atomic E-state index is 5.65. The number of nitrogens with two attached hydrogens (primary N) is 1.